The number of methoxy groups -OCH3 is 1. The van der Waals surface area contributed by atoms with Crippen molar-refractivity contribution < 1.29 is 22.7 Å². The number of sulfonamides is 1. The van der Waals surface area contributed by atoms with Crippen LogP contribution in [0.25, 0.3) is 0 Å². The van der Waals surface area contributed by atoms with Gasteiger partial charge in [-0.1, -0.05) is 6.07 Å². The van der Waals surface area contributed by atoms with Gasteiger partial charge >= 0.3 is 5.97 Å². The molecule has 8 heteroatoms. The molecule has 0 atom stereocenters. The van der Waals surface area contributed by atoms with Crippen LogP contribution >= 0.6 is 0 Å². The minimum absolute atomic E-state index is 0.0148. The van der Waals surface area contributed by atoms with Crippen LogP contribution in [0.5, 0.6) is 0 Å². The number of esters is 1. The number of anilines is 1. The monoisotopic (exact) mass is 418 g/mol. The summed E-state index contributed by atoms with van der Waals surface area (Å²) in [6.07, 6.45) is 0. The lowest BCUT2D eigenvalue weighted by Gasteiger charge is -2.21. The molecule has 156 valence electrons. The molecule has 0 radical (unpaired) electrons. The number of nitrogens with one attached hydrogen (secondary N) is 2. The lowest BCUT2D eigenvalue weighted by molar-refractivity contribution is 0.0600. The number of benzene rings is 2. The van der Waals surface area contributed by atoms with Gasteiger partial charge in [-0.15, -0.1) is 0 Å². The molecule has 0 bridgehead atoms. The predicted octanol–water partition coefficient (Wildman–Crippen LogP) is 3.42. The number of amides is 1. The first-order chi connectivity index (χ1) is 13.3. The lowest BCUT2D eigenvalue weighted by Crippen LogP contribution is -2.40. The summed E-state index contributed by atoms with van der Waals surface area (Å²) in [5, 5.41) is 2.77. The number of hydrogen-bond acceptors (Lipinski definition) is 5. The summed E-state index contributed by atoms with van der Waals surface area (Å²) < 4.78 is 32.4. The molecule has 2 aromatic rings. The van der Waals surface area contributed by atoms with Crippen molar-refractivity contribution >= 4 is 27.6 Å². The zero-order chi connectivity index (χ0) is 22.0. The van der Waals surface area contributed by atoms with Crippen LogP contribution in [0.3, 0.4) is 0 Å². The summed E-state index contributed by atoms with van der Waals surface area (Å²) >= 11 is 0. The van der Waals surface area contributed by atoms with Gasteiger partial charge < -0.3 is 10.1 Å². The molecular formula is C21H26N2O5S. The first-order valence-corrected chi connectivity index (χ1v) is 10.5. The van der Waals surface area contributed by atoms with Gasteiger partial charge in [0.15, 0.2) is 0 Å². The molecule has 0 heterocycles. The fourth-order valence-corrected chi connectivity index (χ4v) is 4.16. The van der Waals surface area contributed by atoms with E-state index in [4.69, 9.17) is 0 Å². The number of ether oxygens (including phenoxy) is 1. The molecule has 7 nitrogen and oxygen atoms in total. The van der Waals surface area contributed by atoms with Gasteiger partial charge in [0, 0.05) is 16.8 Å². The highest BCUT2D eigenvalue weighted by atomic mass is 32.2. The maximum Gasteiger partial charge on any atom is 0.337 e. The molecule has 0 unspecified atom stereocenters. The Bertz CT molecular complexity index is 1050. The molecule has 0 saturated heterocycles. The summed E-state index contributed by atoms with van der Waals surface area (Å²) in [6, 6.07) is 9.20. The first-order valence-electron chi connectivity index (χ1n) is 8.99. The maximum atomic E-state index is 12.8. The quantitative estimate of drug-likeness (QED) is 0.725. The summed E-state index contributed by atoms with van der Waals surface area (Å²) in [7, 11) is -2.47. The maximum absolute atomic E-state index is 12.8. The number of carbonyl (C=O) groups excluding carboxylic acids is 2. The molecule has 0 fully saturated rings. The van der Waals surface area contributed by atoms with Crippen LogP contribution < -0.4 is 10.0 Å². The second-order valence-electron chi connectivity index (χ2n) is 7.81. The molecule has 0 aliphatic heterocycles. The van der Waals surface area contributed by atoms with E-state index in [1.165, 1.54) is 19.2 Å². The molecular weight excluding hydrogens is 392 g/mol. The number of hydrogen-bond donors (Lipinski definition) is 2. The van der Waals surface area contributed by atoms with Crippen molar-refractivity contribution in [2.45, 2.75) is 45.1 Å². The van der Waals surface area contributed by atoms with Gasteiger partial charge in [0.1, 0.15) is 0 Å². The van der Waals surface area contributed by atoms with E-state index in [0.29, 0.717) is 22.4 Å². The largest absolute Gasteiger partial charge is 0.465 e. The number of carbonyl (C=O) groups is 2. The smallest absolute Gasteiger partial charge is 0.337 e. The van der Waals surface area contributed by atoms with E-state index in [1.807, 2.05) is 0 Å². The summed E-state index contributed by atoms with van der Waals surface area (Å²) in [4.78, 5) is 24.4. The zero-order valence-corrected chi connectivity index (χ0v) is 18.2. The third-order valence-corrected chi connectivity index (χ3v) is 5.86. The van der Waals surface area contributed by atoms with Gasteiger partial charge in [-0.05, 0) is 76.1 Å². The number of aryl methyl sites for hydroxylation is 2. The zero-order valence-electron chi connectivity index (χ0n) is 17.4. The molecule has 0 aromatic heterocycles. The Morgan fingerprint density at radius 1 is 0.966 bits per heavy atom. The van der Waals surface area contributed by atoms with Crippen LogP contribution in [-0.2, 0) is 14.8 Å². The van der Waals surface area contributed by atoms with Gasteiger partial charge in [0.05, 0.1) is 17.6 Å². The van der Waals surface area contributed by atoms with Crippen LogP contribution in [0.4, 0.5) is 5.69 Å². The summed E-state index contributed by atoms with van der Waals surface area (Å²) in [5.74, 6) is -0.907. The molecule has 0 aliphatic carbocycles. The molecule has 2 aromatic carbocycles. The Morgan fingerprint density at radius 2 is 1.62 bits per heavy atom. The van der Waals surface area contributed by atoms with E-state index in [0.717, 1.165) is 0 Å². The Morgan fingerprint density at radius 3 is 2.17 bits per heavy atom. The molecule has 0 aliphatic rings. The average molecular weight is 419 g/mol. The number of rotatable bonds is 5. The molecule has 2 rings (SSSR count). The Labute approximate surface area is 171 Å². The predicted molar refractivity (Wildman–Crippen MR) is 112 cm³/mol. The van der Waals surface area contributed by atoms with Crippen LogP contribution in [0.1, 0.15) is 52.6 Å². The molecule has 0 saturated carbocycles. The van der Waals surface area contributed by atoms with Crippen molar-refractivity contribution in [2.75, 3.05) is 12.4 Å². The minimum atomic E-state index is -3.77. The van der Waals surface area contributed by atoms with E-state index >= 15 is 0 Å². The van der Waals surface area contributed by atoms with Crippen molar-refractivity contribution in [3.63, 3.8) is 0 Å². The van der Waals surface area contributed by atoms with Gasteiger partial charge in [0.25, 0.3) is 5.91 Å². The van der Waals surface area contributed by atoms with Gasteiger partial charge in [-0.2, -0.15) is 0 Å². The Hall–Kier alpha value is -2.71. The normalized spacial score (nSPS) is 11.8. The van der Waals surface area contributed by atoms with Crippen LogP contribution in [0, 0.1) is 13.8 Å². The first kappa shape index (κ1) is 22.6. The fourth-order valence-electron chi connectivity index (χ4n) is 2.71. The highest BCUT2D eigenvalue weighted by molar-refractivity contribution is 7.89. The van der Waals surface area contributed by atoms with Crippen molar-refractivity contribution in [1.82, 2.24) is 4.72 Å². The van der Waals surface area contributed by atoms with Crippen molar-refractivity contribution in [3.05, 3.63) is 58.7 Å². The van der Waals surface area contributed by atoms with Crippen LogP contribution in [-0.4, -0.2) is 32.9 Å². The highest BCUT2D eigenvalue weighted by Crippen LogP contribution is 2.21. The van der Waals surface area contributed by atoms with Crippen molar-refractivity contribution in [1.29, 1.82) is 0 Å². The van der Waals surface area contributed by atoms with Crippen molar-refractivity contribution in [2.24, 2.45) is 0 Å². The summed E-state index contributed by atoms with van der Waals surface area (Å²) in [5.41, 5.74) is 1.81. The fraction of sp³-hybridized carbons (Fsp3) is 0.333. The average Bonchev–Trinajstić information content (AvgIpc) is 2.60. The van der Waals surface area contributed by atoms with Gasteiger partial charge in [-0.3, -0.25) is 4.79 Å². The topological polar surface area (TPSA) is 102 Å². The van der Waals surface area contributed by atoms with E-state index in [2.05, 4.69) is 14.8 Å². The van der Waals surface area contributed by atoms with E-state index < -0.39 is 27.4 Å². The third kappa shape index (κ3) is 5.65. The molecule has 29 heavy (non-hydrogen) atoms. The van der Waals surface area contributed by atoms with Gasteiger partial charge in [0.2, 0.25) is 10.0 Å². The standard InChI is InChI=1S/C21H26N2O5S/c1-13-7-9-16(29(26,27)23-21(3,4)5)12-17(13)19(24)22-18-10-8-15(11-14(18)2)20(25)28-6/h7-12,23H,1-6H3,(H,22,24). The van der Waals surface area contributed by atoms with E-state index in [1.54, 1.807) is 58.9 Å². The SMILES string of the molecule is COC(=O)c1ccc(NC(=O)c2cc(S(=O)(=O)NC(C)(C)C)ccc2C)c(C)c1. The Kier molecular flexibility index (Phi) is 6.50. The third-order valence-electron chi connectivity index (χ3n) is 4.10. The van der Waals surface area contributed by atoms with Crippen LogP contribution in [0.15, 0.2) is 41.3 Å². The van der Waals surface area contributed by atoms with E-state index in [9.17, 15) is 18.0 Å². The minimum Gasteiger partial charge on any atom is -0.465 e. The molecule has 2 N–H and O–H groups in total. The van der Waals surface area contributed by atoms with Crippen molar-refractivity contribution in [3.8, 4) is 0 Å². The van der Waals surface area contributed by atoms with Gasteiger partial charge in [-0.25, -0.2) is 17.9 Å². The second kappa shape index (κ2) is 8.34. The second-order valence-corrected chi connectivity index (χ2v) is 9.49. The summed E-state index contributed by atoms with van der Waals surface area (Å²) in [6.45, 7) is 8.71. The lowest BCUT2D eigenvalue weighted by atomic mass is 10.1. The molecule has 0 spiro atoms. The van der Waals surface area contributed by atoms with E-state index in [-0.39, 0.29) is 10.5 Å². The van der Waals surface area contributed by atoms with Crippen LogP contribution in [0.2, 0.25) is 0 Å². The highest BCUT2D eigenvalue weighted by Gasteiger charge is 2.23. The Balaban J connectivity index is 2.33. The molecule has 1 amide bonds.